The summed E-state index contributed by atoms with van der Waals surface area (Å²) >= 11 is 0. The molecule has 100 valence electrons. The van der Waals surface area contributed by atoms with Crippen LogP contribution in [0.1, 0.15) is 10.4 Å². The van der Waals surface area contributed by atoms with Crippen molar-refractivity contribution >= 4 is 16.0 Å². The number of benzene rings is 1. The van der Waals surface area contributed by atoms with Crippen molar-refractivity contribution in [3.63, 3.8) is 0 Å². The van der Waals surface area contributed by atoms with Gasteiger partial charge in [-0.2, -0.15) is 5.10 Å². The summed E-state index contributed by atoms with van der Waals surface area (Å²) < 4.78 is 23.9. The van der Waals surface area contributed by atoms with Crippen LogP contribution in [0.2, 0.25) is 0 Å². The Balaban J connectivity index is 2.82. The van der Waals surface area contributed by atoms with Crippen molar-refractivity contribution in [1.29, 1.82) is 0 Å². The number of sulfonamides is 1. The van der Waals surface area contributed by atoms with Gasteiger partial charge in [-0.25, -0.2) is 18.4 Å². The number of nitrogens with zero attached hydrogens (tertiary/aromatic N) is 2. The molecule has 0 aliphatic carbocycles. The summed E-state index contributed by atoms with van der Waals surface area (Å²) in [7, 11) is -2.84. The van der Waals surface area contributed by atoms with Gasteiger partial charge in [-0.05, 0) is 0 Å². The van der Waals surface area contributed by atoms with Gasteiger partial charge in [-0.15, -0.1) is 0 Å². The zero-order valence-corrected chi connectivity index (χ0v) is 10.8. The number of primary sulfonamides is 1. The van der Waals surface area contributed by atoms with Crippen molar-refractivity contribution in [1.82, 2.24) is 9.78 Å². The number of nitrogens with two attached hydrogens (primary N) is 1. The highest BCUT2D eigenvalue weighted by Gasteiger charge is 2.29. The van der Waals surface area contributed by atoms with Gasteiger partial charge < -0.3 is 5.11 Å². The third-order valence-electron chi connectivity index (χ3n) is 2.53. The molecule has 0 radical (unpaired) electrons. The second-order valence-corrected chi connectivity index (χ2v) is 5.35. The Hall–Kier alpha value is -2.19. The van der Waals surface area contributed by atoms with Crippen LogP contribution in [-0.4, -0.2) is 29.3 Å². The Labute approximate surface area is 109 Å². The van der Waals surface area contributed by atoms with Crippen LogP contribution in [-0.2, 0) is 17.1 Å². The van der Waals surface area contributed by atoms with Gasteiger partial charge in [-0.1, -0.05) is 30.3 Å². The van der Waals surface area contributed by atoms with E-state index in [1.54, 1.807) is 30.3 Å². The summed E-state index contributed by atoms with van der Waals surface area (Å²) in [5, 5.41) is 17.7. The van der Waals surface area contributed by atoms with E-state index in [4.69, 9.17) is 5.14 Å². The molecule has 7 nitrogen and oxygen atoms in total. The molecular weight excluding hydrogens is 270 g/mol. The third-order valence-corrected chi connectivity index (χ3v) is 3.53. The molecule has 19 heavy (non-hydrogen) atoms. The molecule has 1 aromatic carbocycles. The number of carboxylic acids is 1. The average Bonchev–Trinajstić information content (AvgIpc) is 2.68. The monoisotopic (exact) mass is 281 g/mol. The molecule has 2 aromatic rings. The Kier molecular flexibility index (Phi) is 3.13. The van der Waals surface area contributed by atoms with Crippen LogP contribution in [0.4, 0.5) is 0 Å². The van der Waals surface area contributed by atoms with Gasteiger partial charge in [0.25, 0.3) is 10.0 Å². The minimum absolute atomic E-state index is 0.0691. The van der Waals surface area contributed by atoms with E-state index < -0.39 is 26.6 Å². The molecule has 2 rings (SSSR count). The maximum Gasteiger partial charge on any atom is 0.341 e. The minimum Gasteiger partial charge on any atom is -0.478 e. The van der Waals surface area contributed by atoms with E-state index in [9.17, 15) is 18.3 Å². The number of aromatic carboxylic acids is 1. The van der Waals surface area contributed by atoms with Crippen molar-refractivity contribution in [3.8, 4) is 11.3 Å². The SMILES string of the molecule is Cn1nc(-c2ccccc2)c(C(=O)O)c1S(N)(=O)=O. The van der Waals surface area contributed by atoms with Crippen LogP contribution in [0, 0.1) is 0 Å². The second-order valence-electron chi connectivity index (χ2n) is 3.87. The van der Waals surface area contributed by atoms with Crippen molar-refractivity contribution in [2.24, 2.45) is 12.2 Å². The molecule has 0 aliphatic rings. The molecule has 0 saturated carbocycles. The largest absolute Gasteiger partial charge is 0.478 e. The van der Waals surface area contributed by atoms with Crippen molar-refractivity contribution in [3.05, 3.63) is 35.9 Å². The topological polar surface area (TPSA) is 115 Å². The molecular formula is C11H11N3O4S. The lowest BCUT2D eigenvalue weighted by atomic mass is 10.1. The van der Waals surface area contributed by atoms with E-state index >= 15 is 0 Å². The predicted molar refractivity (Wildman–Crippen MR) is 67.0 cm³/mol. The van der Waals surface area contributed by atoms with E-state index in [-0.39, 0.29) is 5.69 Å². The summed E-state index contributed by atoms with van der Waals surface area (Å²) in [5.41, 5.74) is 0.154. The molecule has 0 spiro atoms. The Morgan fingerprint density at radius 1 is 1.32 bits per heavy atom. The van der Waals surface area contributed by atoms with Crippen LogP contribution < -0.4 is 5.14 Å². The number of carboxylic acid groups (broad SMARTS) is 1. The lowest BCUT2D eigenvalue weighted by Crippen LogP contribution is -2.19. The van der Waals surface area contributed by atoms with Crippen molar-refractivity contribution in [2.75, 3.05) is 0 Å². The highest BCUT2D eigenvalue weighted by atomic mass is 32.2. The van der Waals surface area contributed by atoms with Crippen LogP contribution in [0.25, 0.3) is 11.3 Å². The molecule has 1 heterocycles. The molecule has 3 N–H and O–H groups in total. The molecule has 0 aliphatic heterocycles. The summed E-state index contributed by atoms with van der Waals surface area (Å²) in [6.45, 7) is 0. The summed E-state index contributed by atoms with van der Waals surface area (Å²) in [5.74, 6) is -1.39. The van der Waals surface area contributed by atoms with Crippen LogP contribution >= 0.6 is 0 Å². The van der Waals surface area contributed by atoms with Crippen LogP contribution in [0.3, 0.4) is 0 Å². The Morgan fingerprint density at radius 3 is 2.37 bits per heavy atom. The fourth-order valence-electron chi connectivity index (χ4n) is 1.83. The summed E-state index contributed by atoms with van der Waals surface area (Å²) in [4.78, 5) is 11.3. The van der Waals surface area contributed by atoms with E-state index in [0.29, 0.717) is 5.56 Å². The summed E-state index contributed by atoms with van der Waals surface area (Å²) in [6.07, 6.45) is 0. The molecule has 8 heteroatoms. The highest BCUT2D eigenvalue weighted by molar-refractivity contribution is 7.89. The highest BCUT2D eigenvalue weighted by Crippen LogP contribution is 2.27. The van der Waals surface area contributed by atoms with Gasteiger partial charge in [-0.3, -0.25) is 4.68 Å². The zero-order chi connectivity index (χ0) is 14.2. The molecule has 0 unspecified atom stereocenters. The number of aromatic nitrogens is 2. The van der Waals surface area contributed by atoms with Crippen molar-refractivity contribution in [2.45, 2.75) is 5.03 Å². The molecule has 0 atom stereocenters. The normalized spacial score (nSPS) is 11.5. The van der Waals surface area contributed by atoms with Gasteiger partial charge >= 0.3 is 5.97 Å². The first kappa shape index (κ1) is 13.2. The predicted octanol–water partition coefficient (Wildman–Crippen LogP) is 0.433. The molecule has 1 aromatic heterocycles. The van der Waals surface area contributed by atoms with E-state index in [1.807, 2.05) is 0 Å². The third kappa shape index (κ3) is 2.35. The number of aryl methyl sites for hydroxylation is 1. The van der Waals surface area contributed by atoms with Crippen LogP contribution in [0.5, 0.6) is 0 Å². The zero-order valence-electron chi connectivity index (χ0n) is 9.94. The van der Waals surface area contributed by atoms with E-state index in [1.165, 1.54) is 7.05 Å². The number of hydrogen-bond donors (Lipinski definition) is 2. The number of carbonyl (C=O) groups is 1. The first-order valence-corrected chi connectivity index (χ1v) is 6.75. The van der Waals surface area contributed by atoms with Gasteiger partial charge in [0.2, 0.25) is 0 Å². The molecule has 0 saturated heterocycles. The Morgan fingerprint density at radius 2 is 1.89 bits per heavy atom. The number of hydrogen-bond acceptors (Lipinski definition) is 4. The quantitative estimate of drug-likeness (QED) is 0.846. The van der Waals surface area contributed by atoms with Gasteiger partial charge in [0, 0.05) is 12.6 Å². The van der Waals surface area contributed by atoms with Gasteiger partial charge in [0.15, 0.2) is 5.03 Å². The van der Waals surface area contributed by atoms with E-state index in [0.717, 1.165) is 4.68 Å². The maximum absolute atomic E-state index is 11.5. The summed E-state index contributed by atoms with van der Waals surface area (Å²) in [6, 6.07) is 8.44. The van der Waals surface area contributed by atoms with Crippen molar-refractivity contribution < 1.29 is 18.3 Å². The minimum atomic E-state index is -4.18. The lowest BCUT2D eigenvalue weighted by molar-refractivity contribution is 0.0693. The standard InChI is InChI=1S/C11H11N3O4S/c1-14-10(19(12,17)18)8(11(15)16)9(13-14)7-5-3-2-4-6-7/h2-6H,1H3,(H,15,16)(H2,12,17,18). The Bertz CT molecular complexity index is 735. The lowest BCUT2D eigenvalue weighted by Gasteiger charge is -2.00. The smallest absolute Gasteiger partial charge is 0.341 e. The second kappa shape index (κ2) is 4.48. The first-order valence-electron chi connectivity index (χ1n) is 5.21. The fourth-order valence-corrected chi connectivity index (χ4v) is 2.70. The fraction of sp³-hybridized carbons (Fsp3) is 0.0909. The van der Waals surface area contributed by atoms with E-state index in [2.05, 4.69) is 5.10 Å². The number of rotatable bonds is 3. The molecule has 0 fully saturated rings. The van der Waals surface area contributed by atoms with Gasteiger partial charge in [0.05, 0.1) is 0 Å². The maximum atomic E-state index is 11.5. The molecule has 0 bridgehead atoms. The molecule has 0 amide bonds. The van der Waals surface area contributed by atoms with Crippen LogP contribution in [0.15, 0.2) is 35.4 Å². The average molecular weight is 281 g/mol. The first-order chi connectivity index (χ1) is 8.82. The van der Waals surface area contributed by atoms with Gasteiger partial charge in [0.1, 0.15) is 11.3 Å².